The van der Waals surface area contributed by atoms with Crippen molar-refractivity contribution in [3.63, 3.8) is 0 Å². The van der Waals surface area contributed by atoms with Gasteiger partial charge in [0.1, 0.15) is 29.0 Å². The zero-order valence-corrected chi connectivity index (χ0v) is 6.64. The molecular weight excluding hydrogens is 162 g/mol. The van der Waals surface area contributed by atoms with Gasteiger partial charge in [0.15, 0.2) is 12.8 Å². The fourth-order valence-electron chi connectivity index (χ4n) is 1.44. The van der Waals surface area contributed by atoms with Crippen LogP contribution in [0.15, 0.2) is 5.11 Å². The highest BCUT2D eigenvalue weighted by atomic mass is 16.8. The topological polar surface area (TPSA) is 81.3 Å². The Morgan fingerprint density at radius 2 is 2.33 bits per heavy atom. The van der Waals surface area contributed by atoms with Gasteiger partial charge in [0, 0.05) is 7.11 Å². The van der Waals surface area contributed by atoms with Crippen LogP contribution in [-0.4, -0.2) is 38.3 Å². The van der Waals surface area contributed by atoms with Gasteiger partial charge in [0.2, 0.25) is 4.91 Å². The first kappa shape index (κ1) is 7.82. The van der Waals surface area contributed by atoms with Crippen LogP contribution in [0.1, 0.15) is 0 Å². The Labute approximate surface area is 69.0 Å². The summed E-state index contributed by atoms with van der Waals surface area (Å²) in [7, 11) is 1.58. The zero-order chi connectivity index (χ0) is 8.55. The van der Waals surface area contributed by atoms with Crippen molar-refractivity contribution in [3.05, 3.63) is 0 Å². The fraction of sp³-hybridized carbons (Fsp3) is 1.00. The Morgan fingerprint density at radius 1 is 1.50 bits per heavy atom. The van der Waals surface area contributed by atoms with Crippen molar-refractivity contribution in [1.29, 1.82) is 5.53 Å². The summed E-state index contributed by atoms with van der Waals surface area (Å²) < 4.78 is 15.7. The van der Waals surface area contributed by atoms with Gasteiger partial charge in [0.25, 0.3) is 0 Å². The highest BCUT2D eigenvalue weighted by molar-refractivity contribution is 5.00. The molecule has 66 valence electrons. The van der Waals surface area contributed by atoms with Crippen LogP contribution in [0.2, 0.25) is 0 Å². The molecule has 0 aliphatic carbocycles. The molecule has 0 saturated carbocycles. The maximum Gasteiger partial charge on any atom is 0.214 e. The van der Waals surface area contributed by atoms with Crippen LogP contribution in [0.3, 0.4) is 0 Å². The molecule has 12 heavy (non-hydrogen) atoms. The molecule has 6 nitrogen and oxygen atoms in total. The molecule has 0 bridgehead atoms. The van der Waals surface area contributed by atoms with Gasteiger partial charge in [-0.15, -0.1) is 0 Å². The third-order valence-electron chi connectivity index (χ3n) is 2.07. The van der Waals surface area contributed by atoms with Gasteiger partial charge >= 0.3 is 0 Å². The molecule has 2 fully saturated rings. The first-order valence-electron chi connectivity index (χ1n) is 3.73. The summed E-state index contributed by atoms with van der Waals surface area (Å²) in [4.78, 5) is 2.90. The molecule has 0 spiro atoms. The summed E-state index contributed by atoms with van der Waals surface area (Å²) in [6.45, 7) is 0.379. The molecule has 0 aromatic rings. The van der Waals surface area contributed by atoms with Gasteiger partial charge in [-0.1, -0.05) is 0 Å². The first-order chi connectivity index (χ1) is 5.86. The number of rotatable bonds is 3. The lowest BCUT2D eigenvalue weighted by atomic mass is 10.2. The van der Waals surface area contributed by atoms with Crippen molar-refractivity contribution >= 4 is 0 Å². The molecule has 2 saturated heterocycles. The lowest BCUT2D eigenvalue weighted by Crippen LogP contribution is -2.23. The SMILES string of the molecule is COC1OC(CN=[N+]=N)C2OC12. The maximum atomic E-state index is 6.47. The van der Waals surface area contributed by atoms with E-state index in [9.17, 15) is 0 Å². The summed E-state index contributed by atoms with van der Waals surface area (Å²) in [5.74, 6) is 0. The molecule has 0 aromatic carbocycles. The molecule has 0 amide bonds. The minimum absolute atomic E-state index is 0.0703. The fourth-order valence-corrected chi connectivity index (χ4v) is 1.44. The molecule has 4 atom stereocenters. The molecule has 1 N–H and O–H groups in total. The summed E-state index contributed by atoms with van der Waals surface area (Å²) in [5.41, 5.74) is 6.47. The highest BCUT2D eigenvalue weighted by Gasteiger charge is 2.58. The Balaban J connectivity index is 1.90. The van der Waals surface area contributed by atoms with E-state index in [1.807, 2.05) is 0 Å². The molecule has 4 unspecified atom stereocenters. The average Bonchev–Trinajstić information content (AvgIpc) is 2.80. The van der Waals surface area contributed by atoms with E-state index in [0.29, 0.717) is 6.54 Å². The molecule has 2 rings (SSSR count). The number of fused-ring (bicyclic) bond motifs is 1. The van der Waals surface area contributed by atoms with Gasteiger partial charge < -0.3 is 14.2 Å². The van der Waals surface area contributed by atoms with E-state index in [1.165, 1.54) is 0 Å². The van der Waals surface area contributed by atoms with Crippen LogP contribution in [0.5, 0.6) is 0 Å². The minimum Gasteiger partial charge on any atom is -0.361 e. The lowest BCUT2D eigenvalue weighted by molar-refractivity contribution is -0.156. The molecule has 0 radical (unpaired) electrons. The Bertz CT molecular complexity index is 228. The second-order valence-corrected chi connectivity index (χ2v) is 2.77. The van der Waals surface area contributed by atoms with Crippen molar-refractivity contribution < 1.29 is 14.2 Å². The Hall–Kier alpha value is -0.810. The average molecular weight is 172 g/mol. The minimum atomic E-state index is -0.263. The smallest absolute Gasteiger partial charge is 0.214 e. The van der Waals surface area contributed by atoms with Crippen LogP contribution in [0.25, 0.3) is 0 Å². The number of nitrogens with zero attached hydrogens (tertiary/aromatic N) is 2. The molecular formula is C6H10N3O3+. The number of methoxy groups -OCH3 is 1. The quantitative estimate of drug-likeness (QED) is 0.359. The van der Waals surface area contributed by atoms with Crippen molar-refractivity contribution in [2.45, 2.75) is 24.6 Å². The number of nitrogens with one attached hydrogen (secondary N) is 1. The third kappa shape index (κ3) is 1.15. The largest absolute Gasteiger partial charge is 0.361 e. The van der Waals surface area contributed by atoms with Gasteiger partial charge in [-0.25, -0.2) is 0 Å². The molecule has 0 aromatic heterocycles. The van der Waals surface area contributed by atoms with Crippen LogP contribution in [0.4, 0.5) is 0 Å². The van der Waals surface area contributed by atoms with Crippen LogP contribution in [-0.2, 0) is 14.2 Å². The predicted molar refractivity (Wildman–Crippen MR) is 36.5 cm³/mol. The van der Waals surface area contributed by atoms with Gasteiger partial charge in [-0.3, -0.25) is 0 Å². The monoisotopic (exact) mass is 172 g/mol. The van der Waals surface area contributed by atoms with Crippen LogP contribution < -0.4 is 4.91 Å². The van der Waals surface area contributed by atoms with Crippen molar-refractivity contribution in [2.24, 2.45) is 5.11 Å². The first-order valence-corrected chi connectivity index (χ1v) is 3.73. The molecule has 6 heteroatoms. The molecule has 2 aliphatic rings. The lowest BCUT2D eigenvalue weighted by Gasteiger charge is -2.12. The highest BCUT2D eigenvalue weighted by Crippen LogP contribution is 2.39. The van der Waals surface area contributed by atoms with E-state index in [4.69, 9.17) is 19.7 Å². The number of hydrogen-bond donors (Lipinski definition) is 1. The van der Waals surface area contributed by atoms with Crippen molar-refractivity contribution in [2.75, 3.05) is 13.7 Å². The number of epoxide rings is 1. The summed E-state index contributed by atoms with van der Waals surface area (Å²) in [5, 5.41) is 3.53. The third-order valence-corrected chi connectivity index (χ3v) is 2.07. The summed E-state index contributed by atoms with van der Waals surface area (Å²) in [6.07, 6.45) is -0.184. The van der Waals surface area contributed by atoms with Crippen molar-refractivity contribution in [3.8, 4) is 0 Å². The van der Waals surface area contributed by atoms with E-state index < -0.39 is 0 Å². The van der Waals surface area contributed by atoms with Crippen LogP contribution in [0, 0.1) is 5.53 Å². The summed E-state index contributed by atoms with van der Waals surface area (Å²) in [6, 6.07) is 0. The second-order valence-electron chi connectivity index (χ2n) is 2.77. The Kier molecular flexibility index (Phi) is 1.90. The van der Waals surface area contributed by atoms with Gasteiger partial charge in [-0.2, -0.15) is 0 Å². The standard InChI is InChI=1S/C6H10N3O3/c1-10-6-5-4(12-5)3(11-6)2-8-9-7/h3-7H,2H2,1H3/q+1. The second kappa shape index (κ2) is 2.91. The number of ether oxygens (including phenoxy) is 3. The van der Waals surface area contributed by atoms with E-state index in [-0.39, 0.29) is 24.6 Å². The van der Waals surface area contributed by atoms with E-state index in [0.717, 1.165) is 0 Å². The predicted octanol–water partition coefficient (Wildman–Crippen LogP) is -0.325. The Morgan fingerprint density at radius 3 is 2.92 bits per heavy atom. The van der Waals surface area contributed by atoms with Crippen LogP contribution >= 0.6 is 0 Å². The van der Waals surface area contributed by atoms with Gasteiger partial charge in [0.05, 0.1) is 0 Å². The van der Waals surface area contributed by atoms with Crippen molar-refractivity contribution in [1.82, 2.24) is 4.91 Å². The van der Waals surface area contributed by atoms with E-state index in [1.54, 1.807) is 7.11 Å². The summed E-state index contributed by atoms with van der Waals surface area (Å²) >= 11 is 0. The van der Waals surface area contributed by atoms with Gasteiger partial charge in [-0.05, 0) is 0 Å². The zero-order valence-electron chi connectivity index (χ0n) is 6.64. The molecule has 2 aliphatic heterocycles. The number of hydrogen-bond acceptors (Lipinski definition) is 5. The molecule has 2 heterocycles. The van der Waals surface area contributed by atoms with E-state index >= 15 is 0 Å². The normalized spacial score (nSPS) is 43.4. The maximum absolute atomic E-state index is 6.47. The van der Waals surface area contributed by atoms with E-state index in [2.05, 4.69) is 10.0 Å².